The molecule has 0 heterocycles. The average Bonchev–Trinajstić information content (AvgIpc) is 2.47. The topological polar surface area (TPSA) is 113 Å². The van der Waals surface area contributed by atoms with Crippen LogP contribution >= 0.6 is 0 Å². The van der Waals surface area contributed by atoms with E-state index in [0.29, 0.717) is 0 Å². The van der Waals surface area contributed by atoms with Gasteiger partial charge in [0.1, 0.15) is 11.5 Å². The van der Waals surface area contributed by atoms with Crippen molar-refractivity contribution in [3.05, 3.63) is 64.0 Å². The van der Waals surface area contributed by atoms with Crippen LogP contribution in [0.1, 0.15) is 10.4 Å². The lowest BCUT2D eigenvalue weighted by Gasteiger charge is -2.08. The molecule has 0 aliphatic rings. The first-order valence-electron chi connectivity index (χ1n) is 6.10. The summed E-state index contributed by atoms with van der Waals surface area (Å²) < 4.78 is 13.3. The van der Waals surface area contributed by atoms with Gasteiger partial charge in [-0.3, -0.25) is 14.9 Å². The van der Waals surface area contributed by atoms with Crippen molar-refractivity contribution in [1.29, 1.82) is 0 Å². The molecule has 9 heteroatoms. The summed E-state index contributed by atoms with van der Waals surface area (Å²) in [7, 11) is -2.07. The molecule has 0 fully saturated rings. The smallest absolute Gasteiger partial charge is 0.423 e. The van der Waals surface area contributed by atoms with E-state index in [9.17, 15) is 19.3 Å². The molecule has 0 atom stereocenters. The number of para-hydroxylation sites is 2. The molecule has 22 heavy (non-hydrogen) atoms. The van der Waals surface area contributed by atoms with Crippen LogP contribution in [0, 0.1) is 15.9 Å². The Labute approximate surface area is 124 Å². The van der Waals surface area contributed by atoms with Crippen LogP contribution in [0.4, 0.5) is 15.8 Å². The fourth-order valence-corrected chi connectivity index (χ4v) is 1.82. The van der Waals surface area contributed by atoms with Crippen molar-refractivity contribution in [2.24, 2.45) is 0 Å². The molecule has 0 radical (unpaired) electrons. The molecule has 3 N–H and O–H groups in total. The third kappa shape index (κ3) is 3.27. The van der Waals surface area contributed by atoms with Gasteiger partial charge in [0.05, 0.1) is 4.92 Å². The van der Waals surface area contributed by atoms with Crippen LogP contribution in [0.25, 0.3) is 0 Å². The van der Waals surface area contributed by atoms with E-state index in [2.05, 4.69) is 5.32 Å². The van der Waals surface area contributed by atoms with E-state index in [1.165, 1.54) is 24.3 Å². The van der Waals surface area contributed by atoms with Gasteiger partial charge in [-0.1, -0.05) is 12.1 Å². The van der Waals surface area contributed by atoms with Gasteiger partial charge in [-0.05, 0) is 24.3 Å². The van der Waals surface area contributed by atoms with Gasteiger partial charge in [0.15, 0.2) is 0 Å². The molecule has 0 unspecified atom stereocenters. The highest BCUT2D eigenvalue weighted by Crippen LogP contribution is 2.23. The van der Waals surface area contributed by atoms with Crippen molar-refractivity contribution in [3.8, 4) is 0 Å². The molecular weight excluding hydrogens is 294 g/mol. The van der Waals surface area contributed by atoms with Crippen LogP contribution < -0.4 is 10.8 Å². The molecule has 7 nitrogen and oxygen atoms in total. The van der Waals surface area contributed by atoms with Gasteiger partial charge in [-0.15, -0.1) is 0 Å². The Hall–Kier alpha value is -2.78. The highest BCUT2D eigenvalue weighted by Gasteiger charge is 2.20. The van der Waals surface area contributed by atoms with Crippen LogP contribution in [-0.2, 0) is 0 Å². The van der Waals surface area contributed by atoms with E-state index in [1.807, 2.05) is 0 Å². The van der Waals surface area contributed by atoms with Crippen LogP contribution in [0.3, 0.4) is 0 Å². The second kappa shape index (κ2) is 6.33. The minimum atomic E-state index is -2.07. The maximum Gasteiger partial charge on any atom is 0.491 e. The number of halogens is 1. The molecule has 0 aliphatic carbocycles. The summed E-state index contributed by atoms with van der Waals surface area (Å²) in [5.74, 6) is -1.62. The SMILES string of the molecule is O=C(Nc1ccccc1[N+](=O)[O-])c1ccc(F)c(B(O)O)c1. The van der Waals surface area contributed by atoms with Crippen molar-refractivity contribution >= 4 is 29.9 Å². The van der Waals surface area contributed by atoms with E-state index < -0.39 is 29.2 Å². The van der Waals surface area contributed by atoms with Gasteiger partial charge in [0.2, 0.25) is 0 Å². The van der Waals surface area contributed by atoms with Crippen molar-refractivity contribution in [1.82, 2.24) is 0 Å². The normalized spacial score (nSPS) is 10.1. The van der Waals surface area contributed by atoms with Crippen molar-refractivity contribution < 1.29 is 24.2 Å². The van der Waals surface area contributed by atoms with Crippen molar-refractivity contribution in [2.45, 2.75) is 0 Å². The number of nitro benzene ring substituents is 1. The lowest BCUT2D eigenvalue weighted by molar-refractivity contribution is -0.383. The van der Waals surface area contributed by atoms with Gasteiger partial charge in [0.25, 0.3) is 11.6 Å². The highest BCUT2D eigenvalue weighted by atomic mass is 19.1. The highest BCUT2D eigenvalue weighted by molar-refractivity contribution is 6.58. The van der Waals surface area contributed by atoms with Gasteiger partial charge < -0.3 is 15.4 Å². The molecule has 2 rings (SSSR count). The molecule has 0 aliphatic heterocycles. The fourth-order valence-electron chi connectivity index (χ4n) is 1.82. The number of carbonyl (C=O) groups excluding carboxylic acids is 1. The quantitative estimate of drug-likeness (QED) is 0.436. The summed E-state index contributed by atoms with van der Waals surface area (Å²) in [6.07, 6.45) is 0. The summed E-state index contributed by atoms with van der Waals surface area (Å²) in [6, 6.07) is 8.53. The number of nitrogens with one attached hydrogen (secondary N) is 1. The molecule has 112 valence electrons. The van der Waals surface area contributed by atoms with Gasteiger partial charge in [-0.2, -0.15) is 0 Å². The summed E-state index contributed by atoms with van der Waals surface area (Å²) in [5, 5.41) is 31.2. The molecule has 0 bridgehead atoms. The number of hydrogen-bond donors (Lipinski definition) is 3. The molecule has 0 saturated carbocycles. The van der Waals surface area contributed by atoms with E-state index >= 15 is 0 Å². The van der Waals surface area contributed by atoms with Crippen LogP contribution in [0.5, 0.6) is 0 Å². The Balaban J connectivity index is 2.31. The van der Waals surface area contributed by atoms with E-state index in [-0.39, 0.29) is 16.9 Å². The second-order valence-corrected chi connectivity index (χ2v) is 4.34. The summed E-state index contributed by atoms with van der Waals surface area (Å²) in [4.78, 5) is 22.3. The zero-order valence-electron chi connectivity index (χ0n) is 11.1. The molecule has 0 spiro atoms. The molecule has 0 saturated heterocycles. The first-order chi connectivity index (χ1) is 10.4. The molecule has 2 aromatic rings. The maximum absolute atomic E-state index is 13.3. The zero-order chi connectivity index (χ0) is 16.3. The third-order valence-corrected chi connectivity index (χ3v) is 2.89. The van der Waals surface area contributed by atoms with Crippen LogP contribution in [0.15, 0.2) is 42.5 Å². The standard InChI is InChI=1S/C13H10BFN2O5/c15-10-6-5-8(7-9(10)14(19)20)13(18)16-11-3-1-2-4-12(11)17(21)22/h1-7,19-20H,(H,16,18). The van der Waals surface area contributed by atoms with Gasteiger partial charge in [0, 0.05) is 17.1 Å². The third-order valence-electron chi connectivity index (χ3n) is 2.89. The Bertz CT molecular complexity index is 738. The number of amides is 1. The average molecular weight is 304 g/mol. The van der Waals surface area contributed by atoms with E-state index in [1.54, 1.807) is 0 Å². The first kappa shape index (κ1) is 15.6. The number of benzene rings is 2. The lowest BCUT2D eigenvalue weighted by Crippen LogP contribution is -2.33. The number of nitrogens with zero attached hydrogens (tertiary/aromatic N) is 1. The minimum Gasteiger partial charge on any atom is -0.423 e. The van der Waals surface area contributed by atoms with Crippen molar-refractivity contribution in [3.63, 3.8) is 0 Å². The predicted molar refractivity (Wildman–Crippen MR) is 77.3 cm³/mol. The molecule has 1 amide bonds. The van der Waals surface area contributed by atoms with Crippen LogP contribution in [-0.4, -0.2) is 28.0 Å². The van der Waals surface area contributed by atoms with Gasteiger partial charge in [-0.25, -0.2) is 4.39 Å². The van der Waals surface area contributed by atoms with E-state index in [0.717, 1.165) is 18.2 Å². The Morgan fingerprint density at radius 1 is 1.23 bits per heavy atom. The fraction of sp³-hybridized carbons (Fsp3) is 0. The predicted octanol–water partition coefficient (Wildman–Crippen LogP) is 0.666. The summed E-state index contributed by atoms with van der Waals surface area (Å²) >= 11 is 0. The van der Waals surface area contributed by atoms with E-state index in [4.69, 9.17) is 10.0 Å². The Kier molecular flexibility index (Phi) is 4.49. The van der Waals surface area contributed by atoms with Crippen LogP contribution in [0.2, 0.25) is 0 Å². The number of nitro groups is 1. The number of rotatable bonds is 4. The Morgan fingerprint density at radius 3 is 2.55 bits per heavy atom. The first-order valence-corrected chi connectivity index (χ1v) is 6.10. The monoisotopic (exact) mass is 304 g/mol. The lowest BCUT2D eigenvalue weighted by atomic mass is 9.79. The van der Waals surface area contributed by atoms with Crippen molar-refractivity contribution in [2.75, 3.05) is 5.32 Å². The second-order valence-electron chi connectivity index (χ2n) is 4.34. The Morgan fingerprint density at radius 2 is 1.91 bits per heavy atom. The molecular formula is C13H10BFN2O5. The minimum absolute atomic E-state index is 0.0204. The molecule has 0 aromatic heterocycles. The number of anilines is 1. The summed E-state index contributed by atoms with van der Waals surface area (Å²) in [6.45, 7) is 0. The maximum atomic E-state index is 13.3. The van der Waals surface area contributed by atoms with Gasteiger partial charge >= 0.3 is 7.12 Å². The number of hydrogen-bond acceptors (Lipinski definition) is 5. The number of carbonyl (C=O) groups is 1. The largest absolute Gasteiger partial charge is 0.491 e. The zero-order valence-corrected chi connectivity index (χ0v) is 11.1. The summed E-state index contributed by atoms with van der Waals surface area (Å²) in [5.41, 5.74) is -0.842. The molecule has 2 aromatic carbocycles.